The molecule has 0 atom stereocenters. The third-order valence-electron chi connectivity index (χ3n) is 1.81. The molecule has 0 saturated carbocycles. The zero-order valence-electron chi connectivity index (χ0n) is 9.18. The smallest absolute Gasteiger partial charge is 0.322 e. The molecule has 0 spiro atoms. The Bertz CT molecular complexity index is 366. The maximum absolute atomic E-state index is 12.3. The molecule has 0 aliphatic rings. The molecule has 1 aromatic heterocycles. The maximum atomic E-state index is 12.3. The third kappa shape index (κ3) is 3.94. The van der Waals surface area contributed by atoms with Crippen molar-refractivity contribution in [2.24, 2.45) is 0 Å². The number of anilines is 2. The highest BCUT2D eigenvalue weighted by Crippen LogP contribution is 2.14. The number of nitrogens with zero attached hydrogens (tertiary/aromatic N) is 4. The number of hydrogen-bond acceptors (Lipinski definition) is 7. The first kappa shape index (κ1) is 13.3. The second kappa shape index (κ2) is 6.09. The predicted molar refractivity (Wildman–Crippen MR) is 56.1 cm³/mol. The van der Waals surface area contributed by atoms with E-state index >= 15 is 0 Å². The number of nitrogens with two attached hydrogens (primary N) is 1. The lowest BCUT2D eigenvalue weighted by Crippen LogP contribution is -2.33. The van der Waals surface area contributed by atoms with Gasteiger partial charge < -0.3 is 20.5 Å². The summed E-state index contributed by atoms with van der Waals surface area (Å²) in [6, 6.07) is -0.0651. The molecule has 1 rings (SSSR count). The number of nitrogen functional groups attached to an aromatic ring is 1. The summed E-state index contributed by atoms with van der Waals surface area (Å²) in [4.78, 5) is 12.2. The van der Waals surface area contributed by atoms with Gasteiger partial charge in [-0.3, -0.25) is 0 Å². The van der Waals surface area contributed by atoms with Crippen LogP contribution >= 0.6 is 0 Å². The molecular weight excluding hydrogens is 236 g/mol. The molecular formula is C8H13F2N5O2. The van der Waals surface area contributed by atoms with Crippen molar-refractivity contribution in [3.05, 3.63) is 0 Å². The standard InChI is InChI=1S/C8H13F2N5O2/c1-17-8-13-6(11)12-7(14-8)15(2-3-16)4-5(9)10/h5,16H,2-4H2,1H3,(H2,11,12,13,14). The third-order valence-corrected chi connectivity index (χ3v) is 1.81. The SMILES string of the molecule is COc1nc(N)nc(N(CCO)CC(F)F)n1. The number of aliphatic hydroxyl groups is 1. The molecule has 3 N–H and O–H groups in total. The lowest BCUT2D eigenvalue weighted by atomic mass is 10.5. The molecule has 9 heteroatoms. The van der Waals surface area contributed by atoms with E-state index in [2.05, 4.69) is 15.0 Å². The number of aliphatic hydroxyl groups excluding tert-OH is 1. The van der Waals surface area contributed by atoms with E-state index in [9.17, 15) is 8.78 Å². The number of aromatic nitrogens is 3. The summed E-state index contributed by atoms with van der Waals surface area (Å²) in [5.74, 6) is -0.187. The molecule has 7 nitrogen and oxygen atoms in total. The van der Waals surface area contributed by atoms with Gasteiger partial charge in [0, 0.05) is 6.54 Å². The quantitative estimate of drug-likeness (QED) is 0.703. The van der Waals surface area contributed by atoms with E-state index in [1.165, 1.54) is 7.11 Å². The average Bonchev–Trinajstić information content (AvgIpc) is 2.27. The summed E-state index contributed by atoms with van der Waals surface area (Å²) in [6.07, 6.45) is -2.58. The molecule has 0 aliphatic heterocycles. The highest BCUT2D eigenvalue weighted by atomic mass is 19.3. The van der Waals surface area contributed by atoms with Crippen LogP contribution in [0.1, 0.15) is 0 Å². The highest BCUT2D eigenvalue weighted by molar-refractivity contribution is 5.35. The zero-order valence-corrected chi connectivity index (χ0v) is 9.18. The van der Waals surface area contributed by atoms with Crippen LogP contribution in [0.2, 0.25) is 0 Å². The van der Waals surface area contributed by atoms with E-state index in [0.717, 1.165) is 4.90 Å². The van der Waals surface area contributed by atoms with Gasteiger partial charge in [-0.2, -0.15) is 15.0 Å². The van der Waals surface area contributed by atoms with Crippen molar-refractivity contribution < 1.29 is 18.6 Å². The first-order valence-electron chi connectivity index (χ1n) is 4.76. The van der Waals surface area contributed by atoms with Crippen molar-refractivity contribution in [2.45, 2.75) is 6.43 Å². The number of rotatable bonds is 6. The van der Waals surface area contributed by atoms with Gasteiger partial charge in [0.05, 0.1) is 20.3 Å². The van der Waals surface area contributed by atoms with Crippen molar-refractivity contribution in [2.75, 3.05) is 37.4 Å². The molecule has 96 valence electrons. The molecule has 17 heavy (non-hydrogen) atoms. The van der Waals surface area contributed by atoms with Gasteiger partial charge in [0.2, 0.25) is 11.9 Å². The maximum Gasteiger partial charge on any atom is 0.322 e. The normalized spacial score (nSPS) is 10.6. The molecule has 0 bridgehead atoms. The van der Waals surface area contributed by atoms with E-state index in [1.807, 2.05) is 0 Å². The number of ether oxygens (including phenoxy) is 1. The number of hydrogen-bond donors (Lipinski definition) is 2. The fourth-order valence-corrected chi connectivity index (χ4v) is 1.15. The van der Waals surface area contributed by atoms with Crippen LogP contribution in [0.4, 0.5) is 20.7 Å². The lowest BCUT2D eigenvalue weighted by Gasteiger charge is -2.21. The van der Waals surface area contributed by atoms with Crippen LogP contribution in [-0.2, 0) is 0 Å². The van der Waals surface area contributed by atoms with Gasteiger partial charge >= 0.3 is 6.01 Å². The molecule has 1 aromatic rings. The van der Waals surface area contributed by atoms with E-state index in [0.29, 0.717) is 0 Å². The molecule has 0 amide bonds. The Morgan fingerprint density at radius 1 is 1.41 bits per heavy atom. The van der Waals surface area contributed by atoms with Gasteiger partial charge in [0.25, 0.3) is 6.43 Å². The fourth-order valence-electron chi connectivity index (χ4n) is 1.15. The minimum atomic E-state index is -2.58. The van der Waals surface area contributed by atoms with Crippen LogP contribution in [0.15, 0.2) is 0 Å². The summed E-state index contributed by atoms with van der Waals surface area (Å²) in [6.45, 7) is -0.940. The van der Waals surface area contributed by atoms with Crippen molar-refractivity contribution in [1.29, 1.82) is 0 Å². The van der Waals surface area contributed by atoms with Crippen molar-refractivity contribution in [3.8, 4) is 6.01 Å². The van der Waals surface area contributed by atoms with Crippen LogP contribution < -0.4 is 15.4 Å². The van der Waals surface area contributed by atoms with Gasteiger partial charge in [-0.05, 0) is 0 Å². The first-order chi connectivity index (χ1) is 8.06. The van der Waals surface area contributed by atoms with Crippen molar-refractivity contribution in [1.82, 2.24) is 15.0 Å². The fraction of sp³-hybridized carbons (Fsp3) is 0.625. The van der Waals surface area contributed by atoms with Gasteiger partial charge in [-0.15, -0.1) is 0 Å². The van der Waals surface area contributed by atoms with Crippen LogP contribution in [0.25, 0.3) is 0 Å². The Morgan fingerprint density at radius 3 is 2.65 bits per heavy atom. The van der Waals surface area contributed by atoms with E-state index < -0.39 is 13.0 Å². The topological polar surface area (TPSA) is 97.4 Å². The van der Waals surface area contributed by atoms with Crippen LogP contribution in [0.3, 0.4) is 0 Å². The van der Waals surface area contributed by atoms with Gasteiger partial charge in [-0.1, -0.05) is 0 Å². The number of alkyl halides is 2. The molecule has 0 aliphatic carbocycles. The minimum absolute atomic E-state index is 0.0308. The molecule has 0 radical (unpaired) electrons. The van der Waals surface area contributed by atoms with Crippen LogP contribution in [0, 0.1) is 0 Å². The summed E-state index contributed by atoms with van der Waals surface area (Å²) in [7, 11) is 1.32. The Labute approximate surface area is 96.3 Å². The Kier molecular flexibility index (Phi) is 4.76. The molecule has 0 aromatic carbocycles. The van der Waals surface area contributed by atoms with Crippen molar-refractivity contribution in [3.63, 3.8) is 0 Å². The Morgan fingerprint density at radius 2 is 2.12 bits per heavy atom. The van der Waals surface area contributed by atoms with Crippen molar-refractivity contribution >= 4 is 11.9 Å². The molecule has 0 saturated heterocycles. The van der Waals surface area contributed by atoms with Gasteiger partial charge in [0.15, 0.2) is 0 Å². The first-order valence-corrected chi connectivity index (χ1v) is 4.76. The zero-order chi connectivity index (χ0) is 12.8. The largest absolute Gasteiger partial charge is 0.467 e. The van der Waals surface area contributed by atoms with E-state index in [1.54, 1.807) is 0 Å². The second-order valence-electron chi connectivity index (χ2n) is 3.04. The summed E-state index contributed by atoms with van der Waals surface area (Å²) in [5.41, 5.74) is 5.38. The number of halogens is 2. The van der Waals surface area contributed by atoms with Crippen LogP contribution in [-0.4, -0.2) is 53.3 Å². The lowest BCUT2D eigenvalue weighted by molar-refractivity contribution is 0.152. The Balaban J connectivity index is 2.95. The van der Waals surface area contributed by atoms with E-state index in [-0.39, 0.29) is 31.1 Å². The van der Waals surface area contributed by atoms with Gasteiger partial charge in [-0.25, -0.2) is 8.78 Å². The molecule has 0 unspecified atom stereocenters. The van der Waals surface area contributed by atoms with Crippen LogP contribution in [0.5, 0.6) is 6.01 Å². The predicted octanol–water partition coefficient (Wildman–Crippen LogP) is -0.474. The Hall–Kier alpha value is -1.77. The summed E-state index contributed by atoms with van der Waals surface area (Å²) < 4.78 is 29.4. The summed E-state index contributed by atoms with van der Waals surface area (Å²) >= 11 is 0. The summed E-state index contributed by atoms with van der Waals surface area (Å²) in [5, 5.41) is 8.79. The monoisotopic (exact) mass is 249 g/mol. The van der Waals surface area contributed by atoms with Gasteiger partial charge in [0.1, 0.15) is 0 Å². The van der Waals surface area contributed by atoms with E-state index in [4.69, 9.17) is 15.6 Å². The molecule has 0 fully saturated rings. The second-order valence-corrected chi connectivity index (χ2v) is 3.04. The average molecular weight is 249 g/mol. The number of methoxy groups -OCH3 is 1. The minimum Gasteiger partial charge on any atom is -0.467 e. The highest BCUT2D eigenvalue weighted by Gasteiger charge is 2.16. The molecule has 1 heterocycles.